The zero-order valence-electron chi connectivity index (χ0n) is 12.1. The smallest absolute Gasteiger partial charge is 0.227 e. The summed E-state index contributed by atoms with van der Waals surface area (Å²) in [6, 6.07) is 7.83. The van der Waals surface area contributed by atoms with Crippen molar-refractivity contribution in [2.45, 2.75) is 32.8 Å². The Bertz CT molecular complexity index is 431. The van der Waals surface area contributed by atoms with Gasteiger partial charge in [0.05, 0.1) is 6.61 Å². The third-order valence-corrected chi connectivity index (χ3v) is 3.99. The fourth-order valence-corrected chi connectivity index (χ4v) is 2.80. The van der Waals surface area contributed by atoms with Crippen LogP contribution in [0.25, 0.3) is 0 Å². The summed E-state index contributed by atoms with van der Waals surface area (Å²) in [7, 11) is 0. The van der Waals surface area contributed by atoms with Crippen molar-refractivity contribution in [1.82, 2.24) is 0 Å². The van der Waals surface area contributed by atoms with Crippen LogP contribution < -0.4 is 11.1 Å². The lowest BCUT2D eigenvalue weighted by atomic mass is 9.95. The SMILES string of the molecule is CCOCc1ccc(NC(=O)[C@@H]2CCC[C@@H]2CN)cc1. The second-order valence-corrected chi connectivity index (χ2v) is 5.36. The fourth-order valence-electron chi connectivity index (χ4n) is 2.80. The van der Waals surface area contributed by atoms with E-state index in [9.17, 15) is 4.79 Å². The lowest BCUT2D eigenvalue weighted by molar-refractivity contribution is -0.120. The number of carbonyl (C=O) groups excluding carboxylic acids is 1. The van der Waals surface area contributed by atoms with Gasteiger partial charge in [-0.25, -0.2) is 0 Å². The Morgan fingerprint density at radius 3 is 2.75 bits per heavy atom. The van der Waals surface area contributed by atoms with E-state index in [2.05, 4.69) is 5.32 Å². The molecule has 0 heterocycles. The van der Waals surface area contributed by atoms with Crippen LogP contribution in [0.3, 0.4) is 0 Å². The van der Waals surface area contributed by atoms with Gasteiger partial charge in [0.1, 0.15) is 0 Å². The Labute approximate surface area is 120 Å². The number of hydrogen-bond acceptors (Lipinski definition) is 3. The molecule has 0 radical (unpaired) electrons. The molecule has 1 saturated carbocycles. The van der Waals surface area contributed by atoms with E-state index in [0.29, 0.717) is 25.7 Å². The number of ether oxygens (including phenoxy) is 1. The molecule has 0 saturated heterocycles. The molecular formula is C16H24N2O2. The normalized spacial score (nSPS) is 21.9. The minimum Gasteiger partial charge on any atom is -0.377 e. The maximum absolute atomic E-state index is 12.2. The first-order chi connectivity index (χ1) is 9.74. The van der Waals surface area contributed by atoms with Crippen LogP contribution in [0, 0.1) is 11.8 Å². The van der Waals surface area contributed by atoms with Crippen molar-refractivity contribution in [3.05, 3.63) is 29.8 Å². The molecule has 1 fully saturated rings. The molecule has 1 aromatic rings. The van der Waals surface area contributed by atoms with Crippen LogP contribution in [0.2, 0.25) is 0 Å². The molecule has 0 unspecified atom stereocenters. The van der Waals surface area contributed by atoms with E-state index in [0.717, 1.165) is 30.5 Å². The second kappa shape index (κ2) is 7.41. The molecule has 0 aromatic heterocycles. The van der Waals surface area contributed by atoms with Gasteiger partial charge < -0.3 is 15.8 Å². The first kappa shape index (κ1) is 15.0. The van der Waals surface area contributed by atoms with Gasteiger partial charge in [-0.05, 0) is 49.9 Å². The van der Waals surface area contributed by atoms with E-state index < -0.39 is 0 Å². The topological polar surface area (TPSA) is 64.3 Å². The molecule has 1 aliphatic rings. The second-order valence-electron chi connectivity index (χ2n) is 5.36. The molecule has 3 N–H and O–H groups in total. The Kier molecular flexibility index (Phi) is 5.56. The third-order valence-electron chi connectivity index (χ3n) is 3.99. The highest BCUT2D eigenvalue weighted by Crippen LogP contribution is 2.31. The van der Waals surface area contributed by atoms with Gasteiger partial charge in [-0.15, -0.1) is 0 Å². The minimum absolute atomic E-state index is 0.0723. The van der Waals surface area contributed by atoms with E-state index in [1.807, 2.05) is 31.2 Å². The number of benzene rings is 1. The highest BCUT2D eigenvalue weighted by atomic mass is 16.5. The molecule has 2 atom stereocenters. The summed E-state index contributed by atoms with van der Waals surface area (Å²) in [5, 5.41) is 3.00. The van der Waals surface area contributed by atoms with Crippen molar-refractivity contribution in [1.29, 1.82) is 0 Å². The van der Waals surface area contributed by atoms with Gasteiger partial charge in [-0.1, -0.05) is 18.6 Å². The van der Waals surface area contributed by atoms with Crippen LogP contribution in [-0.2, 0) is 16.1 Å². The molecule has 0 bridgehead atoms. The van der Waals surface area contributed by atoms with Crippen molar-refractivity contribution >= 4 is 11.6 Å². The van der Waals surface area contributed by atoms with E-state index in [1.165, 1.54) is 0 Å². The minimum atomic E-state index is 0.0723. The lowest BCUT2D eigenvalue weighted by Gasteiger charge is -2.17. The van der Waals surface area contributed by atoms with Crippen molar-refractivity contribution in [2.75, 3.05) is 18.5 Å². The van der Waals surface area contributed by atoms with Crippen LogP contribution in [-0.4, -0.2) is 19.1 Å². The van der Waals surface area contributed by atoms with Crippen LogP contribution in [0.5, 0.6) is 0 Å². The summed E-state index contributed by atoms with van der Waals surface area (Å²) in [6.07, 6.45) is 3.13. The predicted octanol–water partition coefficient (Wildman–Crippen LogP) is 2.54. The lowest BCUT2D eigenvalue weighted by Crippen LogP contribution is -2.29. The maximum Gasteiger partial charge on any atom is 0.227 e. The Hall–Kier alpha value is -1.39. The maximum atomic E-state index is 12.2. The number of nitrogens with one attached hydrogen (secondary N) is 1. The summed E-state index contributed by atoms with van der Waals surface area (Å²) in [5.74, 6) is 0.519. The molecular weight excluding hydrogens is 252 g/mol. The van der Waals surface area contributed by atoms with Crippen LogP contribution in [0.1, 0.15) is 31.7 Å². The van der Waals surface area contributed by atoms with Gasteiger partial charge >= 0.3 is 0 Å². The van der Waals surface area contributed by atoms with Crippen molar-refractivity contribution in [3.8, 4) is 0 Å². The fraction of sp³-hybridized carbons (Fsp3) is 0.562. The van der Waals surface area contributed by atoms with Crippen LogP contribution >= 0.6 is 0 Å². The Balaban J connectivity index is 1.90. The average Bonchev–Trinajstić information content (AvgIpc) is 2.95. The van der Waals surface area contributed by atoms with E-state index in [4.69, 9.17) is 10.5 Å². The standard InChI is InChI=1S/C16H24N2O2/c1-2-20-11-12-6-8-14(9-7-12)18-16(19)15-5-3-4-13(15)10-17/h6-9,13,15H,2-5,10-11,17H2,1H3,(H,18,19)/t13-,15-/m1/s1. The predicted molar refractivity (Wildman–Crippen MR) is 80.3 cm³/mol. The average molecular weight is 276 g/mol. The zero-order chi connectivity index (χ0) is 14.4. The van der Waals surface area contributed by atoms with Crippen LogP contribution in [0.4, 0.5) is 5.69 Å². The van der Waals surface area contributed by atoms with Gasteiger partial charge in [-0.3, -0.25) is 4.79 Å². The van der Waals surface area contributed by atoms with Gasteiger partial charge in [0.25, 0.3) is 0 Å². The Morgan fingerprint density at radius 2 is 2.10 bits per heavy atom. The number of anilines is 1. The van der Waals surface area contributed by atoms with Gasteiger partial charge in [0, 0.05) is 18.2 Å². The largest absolute Gasteiger partial charge is 0.377 e. The summed E-state index contributed by atoms with van der Waals surface area (Å²) >= 11 is 0. The molecule has 1 amide bonds. The number of rotatable bonds is 6. The number of nitrogens with two attached hydrogens (primary N) is 1. The molecule has 110 valence electrons. The van der Waals surface area contributed by atoms with Crippen LogP contribution in [0.15, 0.2) is 24.3 Å². The first-order valence-corrected chi connectivity index (χ1v) is 7.42. The van der Waals surface area contributed by atoms with Gasteiger partial charge in [0.2, 0.25) is 5.91 Å². The Morgan fingerprint density at radius 1 is 1.35 bits per heavy atom. The summed E-state index contributed by atoms with van der Waals surface area (Å²) in [6.45, 7) is 3.90. The first-order valence-electron chi connectivity index (χ1n) is 7.42. The molecule has 1 aliphatic carbocycles. The highest BCUT2D eigenvalue weighted by Gasteiger charge is 2.31. The van der Waals surface area contributed by atoms with Crippen molar-refractivity contribution in [3.63, 3.8) is 0 Å². The summed E-state index contributed by atoms with van der Waals surface area (Å²) in [5.41, 5.74) is 7.69. The van der Waals surface area contributed by atoms with Crippen molar-refractivity contribution in [2.24, 2.45) is 17.6 Å². The van der Waals surface area contributed by atoms with Gasteiger partial charge in [-0.2, -0.15) is 0 Å². The molecule has 0 aliphatic heterocycles. The quantitative estimate of drug-likeness (QED) is 0.839. The summed E-state index contributed by atoms with van der Waals surface area (Å²) in [4.78, 5) is 12.2. The van der Waals surface area contributed by atoms with E-state index in [1.54, 1.807) is 0 Å². The third kappa shape index (κ3) is 3.81. The molecule has 20 heavy (non-hydrogen) atoms. The molecule has 0 spiro atoms. The number of carbonyl (C=O) groups is 1. The zero-order valence-corrected chi connectivity index (χ0v) is 12.1. The molecule has 2 rings (SSSR count). The highest BCUT2D eigenvalue weighted by molar-refractivity contribution is 5.92. The molecule has 4 heteroatoms. The number of amides is 1. The molecule has 4 nitrogen and oxygen atoms in total. The summed E-state index contributed by atoms with van der Waals surface area (Å²) < 4.78 is 5.35. The van der Waals surface area contributed by atoms with E-state index >= 15 is 0 Å². The van der Waals surface area contributed by atoms with Crippen molar-refractivity contribution < 1.29 is 9.53 Å². The molecule has 1 aromatic carbocycles. The monoisotopic (exact) mass is 276 g/mol. The van der Waals surface area contributed by atoms with Gasteiger partial charge in [0.15, 0.2) is 0 Å². The van der Waals surface area contributed by atoms with E-state index in [-0.39, 0.29) is 11.8 Å². The number of hydrogen-bond donors (Lipinski definition) is 2.